The van der Waals surface area contributed by atoms with Gasteiger partial charge in [0.15, 0.2) is 9.84 Å². The van der Waals surface area contributed by atoms with Crippen LogP contribution in [0, 0.1) is 0 Å². The molecule has 134 valence electrons. The van der Waals surface area contributed by atoms with E-state index in [-0.39, 0.29) is 36.0 Å². The van der Waals surface area contributed by atoms with Crippen molar-refractivity contribution in [2.45, 2.75) is 32.4 Å². The van der Waals surface area contributed by atoms with Gasteiger partial charge in [-0.15, -0.1) is 0 Å². The lowest BCUT2D eigenvalue weighted by molar-refractivity contribution is -0.134. The summed E-state index contributed by atoms with van der Waals surface area (Å²) in [7, 11) is -1.12. The van der Waals surface area contributed by atoms with E-state index in [4.69, 9.17) is 11.6 Å². The molecule has 1 aliphatic rings. The van der Waals surface area contributed by atoms with Crippen LogP contribution in [0.3, 0.4) is 0 Å². The summed E-state index contributed by atoms with van der Waals surface area (Å²) < 4.78 is 23.3. The Hall–Kier alpha value is -1.11. The predicted octanol–water partition coefficient (Wildman–Crippen LogP) is 2.37. The lowest BCUT2D eigenvalue weighted by atomic mass is 10.1. The van der Waals surface area contributed by atoms with Crippen LogP contribution in [0.5, 0.6) is 0 Å². The summed E-state index contributed by atoms with van der Waals surface area (Å²) in [5, 5.41) is 0.679. The molecule has 2 unspecified atom stereocenters. The number of carbonyl (C=O) groups excluding carboxylic acids is 1. The molecule has 0 aliphatic carbocycles. The van der Waals surface area contributed by atoms with Crippen molar-refractivity contribution in [3.63, 3.8) is 0 Å². The van der Waals surface area contributed by atoms with Gasteiger partial charge in [-0.05, 0) is 38.9 Å². The van der Waals surface area contributed by atoms with E-state index in [2.05, 4.69) is 0 Å². The van der Waals surface area contributed by atoms with E-state index < -0.39 is 9.84 Å². The van der Waals surface area contributed by atoms with Crippen molar-refractivity contribution in [3.8, 4) is 0 Å². The fourth-order valence-electron chi connectivity index (χ4n) is 3.15. The second kappa shape index (κ2) is 7.85. The molecule has 2 atom stereocenters. The summed E-state index contributed by atoms with van der Waals surface area (Å²) in [5.74, 6) is 0.213. The van der Waals surface area contributed by atoms with Crippen LogP contribution >= 0.6 is 11.6 Å². The number of amides is 1. The van der Waals surface area contributed by atoms with Gasteiger partial charge in [-0.1, -0.05) is 29.8 Å². The number of carbonyl (C=O) groups is 1. The smallest absolute Gasteiger partial charge is 0.237 e. The lowest BCUT2D eigenvalue weighted by Gasteiger charge is -2.31. The standard InChI is InChI=1S/C17H25ClN2O3S/c1-4-20(14-9-10-24(22,23)12-14)17(21)11-19(3)13(2)15-7-5-6-8-16(15)18/h5-8,13-14H,4,9-12H2,1-3H3. The van der Waals surface area contributed by atoms with Crippen LogP contribution in [0.1, 0.15) is 31.9 Å². The van der Waals surface area contributed by atoms with Gasteiger partial charge in [0.05, 0.1) is 18.1 Å². The number of sulfone groups is 1. The Balaban J connectivity index is 2.03. The molecule has 5 nitrogen and oxygen atoms in total. The fourth-order valence-corrected chi connectivity index (χ4v) is 5.18. The molecule has 0 aromatic heterocycles. The van der Waals surface area contributed by atoms with E-state index in [1.165, 1.54) is 0 Å². The SMILES string of the molecule is CCN(C(=O)CN(C)C(C)c1ccccc1Cl)C1CCS(=O)(=O)C1. The van der Waals surface area contributed by atoms with Crippen molar-refractivity contribution in [2.75, 3.05) is 31.6 Å². The minimum absolute atomic E-state index is 0.00586. The van der Waals surface area contributed by atoms with Crippen molar-refractivity contribution >= 4 is 27.3 Å². The van der Waals surface area contributed by atoms with Crippen molar-refractivity contribution in [1.82, 2.24) is 9.80 Å². The van der Waals surface area contributed by atoms with Gasteiger partial charge < -0.3 is 4.90 Å². The van der Waals surface area contributed by atoms with Gasteiger partial charge in [0.2, 0.25) is 5.91 Å². The molecule has 2 rings (SSSR count). The van der Waals surface area contributed by atoms with E-state index in [0.29, 0.717) is 18.0 Å². The van der Waals surface area contributed by atoms with Gasteiger partial charge in [0, 0.05) is 23.7 Å². The molecule has 0 saturated carbocycles. The highest BCUT2D eigenvalue weighted by atomic mass is 35.5. The molecule has 1 aliphatic heterocycles. The van der Waals surface area contributed by atoms with Crippen LogP contribution < -0.4 is 0 Å². The van der Waals surface area contributed by atoms with Crippen molar-refractivity contribution in [1.29, 1.82) is 0 Å². The van der Waals surface area contributed by atoms with E-state index in [0.717, 1.165) is 5.56 Å². The van der Waals surface area contributed by atoms with Crippen LogP contribution in [0.15, 0.2) is 24.3 Å². The Bertz CT molecular complexity index is 693. The summed E-state index contributed by atoms with van der Waals surface area (Å²) in [4.78, 5) is 16.3. The minimum atomic E-state index is -3.00. The highest BCUT2D eigenvalue weighted by Crippen LogP contribution is 2.26. The number of likely N-dealkylation sites (N-methyl/N-ethyl adjacent to an activating group) is 2. The molecule has 1 aromatic carbocycles. The first-order chi connectivity index (χ1) is 11.2. The van der Waals surface area contributed by atoms with Crippen LogP contribution in [0.25, 0.3) is 0 Å². The molecule has 1 heterocycles. The Labute approximate surface area is 149 Å². The number of benzene rings is 1. The molecule has 1 saturated heterocycles. The average molecular weight is 373 g/mol. The molecule has 7 heteroatoms. The Morgan fingerprint density at radius 1 is 1.38 bits per heavy atom. The monoisotopic (exact) mass is 372 g/mol. The van der Waals surface area contributed by atoms with Crippen LogP contribution in [0.2, 0.25) is 5.02 Å². The predicted molar refractivity (Wildman–Crippen MR) is 96.9 cm³/mol. The first-order valence-electron chi connectivity index (χ1n) is 8.19. The molecule has 0 spiro atoms. The summed E-state index contributed by atoms with van der Waals surface area (Å²) in [6.45, 7) is 4.65. The maximum absolute atomic E-state index is 12.7. The first-order valence-corrected chi connectivity index (χ1v) is 10.4. The van der Waals surface area contributed by atoms with Gasteiger partial charge in [0.1, 0.15) is 0 Å². The zero-order valence-corrected chi connectivity index (χ0v) is 16.0. The molecule has 24 heavy (non-hydrogen) atoms. The number of halogens is 1. The molecule has 0 radical (unpaired) electrons. The molecule has 0 bridgehead atoms. The van der Waals surface area contributed by atoms with Crippen molar-refractivity contribution < 1.29 is 13.2 Å². The van der Waals surface area contributed by atoms with E-state index in [1.54, 1.807) is 4.90 Å². The third kappa shape index (κ3) is 4.49. The molecule has 1 aromatic rings. The number of rotatable bonds is 6. The summed E-state index contributed by atoms with van der Waals surface area (Å²) in [6.07, 6.45) is 0.533. The topological polar surface area (TPSA) is 57.7 Å². The van der Waals surface area contributed by atoms with Crippen LogP contribution in [0.4, 0.5) is 0 Å². The molecule has 1 fully saturated rings. The van der Waals surface area contributed by atoms with E-state index in [9.17, 15) is 13.2 Å². The summed E-state index contributed by atoms with van der Waals surface area (Å²) in [6, 6.07) is 7.39. The van der Waals surface area contributed by atoms with E-state index in [1.807, 2.05) is 50.1 Å². The van der Waals surface area contributed by atoms with Gasteiger partial charge in [-0.3, -0.25) is 9.69 Å². The summed E-state index contributed by atoms with van der Waals surface area (Å²) in [5.41, 5.74) is 0.973. The Morgan fingerprint density at radius 3 is 2.58 bits per heavy atom. The molecule has 0 N–H and O–H groups in total. The highest BCUT2D eigenvalue weighted by molar-refractivity contribution is 7.91. The van der Waals surface area contributed by atoms with Crippen molar-refractivity contribution in [3.05, 3.63) is 34.9 Å². The van der Waals surface area contributed by atoms with Crippen LogP contribution in [-0.2, 0) is 14.6 Å². The van der Waals surface area contributed by atoms with Crippen LogP contribution in [-0.4, -0.2) is 61.8 Å². The quantitative estimate of drug-likeness (QED) is 0.769. The van der Waals surface area contributed by atoms with E-state index >= 15 is 0 Å². The molecule has 1 amide bonds. The Morgan fingerprint density at radius 2 is 2.04 bits per heavy atom. The number of hydrogen-bond donors (Lipinski definition) is 0. The van der Waals surface area contributed by atoms with Gasteiger partial charge in [-0.25, -0.2) is 8.42 Å². The first kappa shape index (κ1) is 19.2. The highest BCUT2D eigenvalue weighted by Gasteiger charge is 2.34. The number of nitrogens with zero attached hydrogens (tertiary/aromatic N) is 2. The lowest BCUT2D eigenvalue weighted by Crippen LogP contribution is -2.45. The van der Waals surface area contributed by atoms with Crippen molar-refractivity contribution in [2.24, 2.45) is 0 Å². The summed E-state index contributed by atoms with van der Waals surface area (Å²) >= 11 is 6.24. The second-order valence-electron chi connectivity index (χ2n) is 6.35. The maximum Gasteiger partial charge on any atom is 0.237 e. The maximum atomic E-state index is 12.7. The average Bonchev–Trinajstić information content (AvgIpc) is 2.87. The van der Waals surface area contributed by atoms with Gasteiger partial charge in [-0.2, -0.15) is 0 Å². The zero-order valence-electron chi connectivity index (χ0n) is 14.4. The largest absolute Gasteiger partial charge is 0.338 e. The minimum Gasteiger partial charge on any atom is -0.338 e. The second-order valence-corrected chi connectivity index (χ2v) is 8.99. The normalized spacial score (nSPS) is 21.0. The Kier molecular flexibility index (Phi) is 6.28. The third-order valence-electron chi connectivity index (χ3n) is 4.71. The molecular formula is C17H25ClN2O3S. The number of hydrogen-bond acceptors (Lipinski definition) is 4. The fraction of sp³-hybridized carbons (Fsp3) is 0.588. The van der Waals surface area contributed by atoms with Gasteiger partial charge in [0.25, 0.3) is 0 Å². The molecular weight excluding hydrogens is 348 g/mol. The third-order valence-corrected chi connectivity index (χ3v) is 6.81. The zero-order chi connectivity index (χ0) is 17.9. The van der Waals surface area contributed by atoms with Gasteiger partial charge >= 0.3 is 0 Å².